The van der Waals surface area contributed by atoms with Crippen LogP contribution in [0.25, 0.3) is 0 Å². The fourth-order valence-electron chi connectivity index (χ4n) is 4.16. The topological polar surface area (TPSA) is 77.0 Å². The molecule has 0 bridgehead atoms. The molecule has 2 fully saturated rings. The zero-order chi connectivity index (χ0) is 21.2. The predicted molar refractivity (Wildman–Crippen MR) is 135 cm³/mol. The minimum Gasteiger partial charge on any atom is -0.357 e. The molecule has 8 heteroatoms. The van der Waals surface area contributed by atoms with Crippen molar-refractivity contribution in [1.29, 1.82) is 0 Å². The number of likely N-dealkylation sites (tertiary alicyclic amines) is 2. The highest BCUT2D eigenvalue weighted by atomic mass is 127. The first kappa shape index (κ1) is 25.4. The third kappa shape index (κ3) is 8.31. The van der Waals surface area contributed by atoms with Crippen LogP contribution in [0.4, 0.5) is 0 Å². The smallest absolute Gasteiger partial charge is 0.244 e. The molecule has 1 aromatic carbocycles. The summed E-state index contributed by atoms with van der Waals surface area (Å²) in [4.78, 5) is 33.0. The number of aliphatic imine (C=N–C) groups is 1. The van der Waals surface area contributed by atoms with Gasteiger partial charge in [-0.3, -0.25) is 9.59 Å². The van der Waals surface area contributed by atoms with E-state index in [4.69, 9.17) is 0 Å². The zero-order valence-electron chi connectivity index (χ0n) is 18.5. The van der Waals surface area contributed by atoms with Gasteiger partial charge in [0.2, 0.25) is 11.8 Å². The zero-order valence-corrected chi connectivity index (χ0v) is 20.8. The standard InChI is InChI=1S/C23H35N5O2.HI/c1-2-24-23(25-17-21(29)27-12-6-7-13-27)26-18-22(30)28-14-10-20(11-15-28)16-19-8-4-3-5-9-19;/h3-5,8-9,20H,2,6-7,10-18H2,1H3,(H2,24,25,26);1H. The van der Waals surface area contributed by atoms with Crippen molar-refractivity contribution in [3.63, 3.8) is 0 Å². The number of nitrogens with zero attached hydrogens (tertiary/aromatic N) is 3. The van der Waals surface area contributed by atoms with Gasteiger partial charge in [-0.05, 0) is 50.5 Å². The molecule has 2 aliphatic rings. The van der Waals surface area contributed by atoms with E-state index in [9.17, 15) is 9.59 Å². The van der Waals surface area contributed by atoms with Gasteiger partial charge < -0.3 is 20.4 Å². The van der Waals surface area contributed by atoms with Gasteiger partial charge in [0.05, 0.1) is 6.54 Å². The molecule has 172 valence electrons. The van der Waals surface area contributed by atoms with Crippen LogP contribution in [0.15, 0.2) is 35.3 Å². The van der Waals surface area contributed by atoms with Crippen LogP contribution in [0.1, 0.15) is 38.2 Å². The van der Waals surface area contributed by atoms with Gasteiger partial charge in [-0.25, -0.2) is 4.99 Å². The van der Waals surface area contributed by atoms with E-state index in [1.807, 2.05) is 22.8 Å². The van der Waals surface area contributed by atoms with E-state index in [-0.39, 0.29) is 48.9 Å². The molecule has 0 atom stereocenters. The number of guanidine groups is 1. The van der Waals surface area contributed by atoms with Crippen molar-refractivity contribution in [2.24, 2.45) is 10.9 Å². The molecule has 2 saturated heterocycles. The Bertz CT molecular complexity index is 714. The third-order valence-corrected chi connectivity index (χ3v) is 5.92. The molecule has 2 N–H and O–H groups in total. The molecule has 0 spiro atoms. The van der Waals surface area contributed by atoms with Crippen LogP contribution in [0.5, 0.6) is 0 Å². The quantitative estimate of drug-likeness (QED) is 0.316. The number of amides is 2. The molecular weight excluding hydrogens is 505 g/mol. The van der Waals surface area contributed by atoms with Crippen LogP contribution >= 0.6 is 24.0 Å². The highest BCUT2D eigenvalue weighted by molar-refractivity contribution is 14.0. The molecular formula is C23H36IN5O2. The monoisotopic (exact) mass is 541 g/mol. The van der Waals surface area contributed by atoms with Crippen LogP contribution in [-0.2, 0) is 16.0 Å². The highest BCUT2D eigenvalue weighted by Crippen LogP contribution is 2.21. The minimum absolute atomic E-state index is 0. The Morgan fingerprint density at radius 2 is 1.61 bits per heavy atom. The summed E-state index contributed by atoms with van der Waals surface area (Å²) in [5, 5.41) is 6.19. The van der Waals surface area contributed by atoms with E-state index in [0.717, 1.165) is 58.3 Å². The van der Waals surface area contributed by atoms with Gasteiger partial charge >= 0.3 is 0 Å². The second-order valence-corrected chi connectivity index (χ2v) is 8.15. The van der Waals surface area contributed by atoms with E-state index in [2.05, 4.69) is 39.9 Å². The second kappa shape index (κ2) is 13.5. The summed E-state index contributed by atoms with van der Waals surface area (Å²) in [5.41, 5.74) is 1.37. The molecule has 0 aliphatic carbocycles. The van der Waals surface area contributed by atoms with Gasteiger partial charge in [0.15, 0.2) is 5.96 Å². The fourth-order valence-corrected chi connectivity index (χ4v) is 4.16. The molecule has 3 rings (SSSR count). The fraction of sp³-hybridized carbons (Fsp3) is 0.609. The van der Waals surface area contributed by atoms with Crippen LogP contribution in [0.2, 0.25) is 0 Å². The normalized spacial score (nSPS) is 17.3. The molecule has 31 heavy (non-hydrogen) atoms. The van der Waals surface area contributed by atoms with E-state index >= 15 is 0 Å². The van der Waals surface area contributed by atoms with Crippen LogP contribution in [0.3, 0.4) is 0 Å². The van der Waals surface area contributed by atoms with E-state index in [1.54, 1.807) is 0 Å². The lowest BCUT2D eigenvalue weighted by Crippen LogP contribution is -2.45. The summed E-state index contributed by atoms with van der Waals surface area (Å²) in [6.45, 7) is 6.25. The molecule has 0 radical (unpaired) electrons. The molecule has 0 unspecified atom stereocenters. The Kier molecular flexibility index (Phi) is 11.1. The number of benzene rings is 1. The summed E-state index contributed by atoms with van der Waals surface area (Å²) < 4.78 is 0. The van der Waals surface area contributed by atoms with Gasteiger partial charge in [0, 0.05) is 32.7 Å². The van der Waals surface area contributed by atoms with Gasteiger partial charge in [0.25, 0.3) is 0 Å². The molecule has 0 saturated carbocycles. The summed E-state index contributed by atoms with van der Waals surface area (Å²) >= 11 is 0. The molecule has 2 amide bonds. The SMILES string of the molecule is CCNC(=NCC(=O)N1CCC(Cc2ccccc2)CC1)NCC(=O)N1CCCC1.I. The highest BCUT2D eigenvalue weighted by Gasteiger charge is 2.23. The summed E-state index contributed by atoms with van der Waals surface area (Å²) in [6, 6.07) is 10.6. The first-order valence-electron chi connectivity index (χ1n) is 11.3. The number of hydrogen-bond acceptors (Lipinski definition) is 3. The largest absolute Gasteiger partial charge is 0.357 e. The summed E-state index contributed by atoms with van der Waals surface area (Å²) in [7, 11) is 0. The molecule has 2 heterocycles. The van der Waals surface area contributed by atoms with Crippen molar-refractivity contribution in [2.75, 3.05) is 45.8 Å². The number of hydrogen-bond donors (Lipinski definition) is 2. The Balaban J connectivity index is 0.00000341. The van der Waals surface area contributed by atoms with Crippen molar-refractivity contribution in [3.05, 3.63) is 35.9 Å². The molecule has 2 aliphatic heterocycles. The lowest BCUT2D eigenvalue weighted by molar-refractivity contribution is -0.131. The van der Waals surface area contributed by atoms with E-state index in [1.165, 1.54) is 5.56 Å². The Labute approximate surface area is 203 Å². The number of carbonyl (C=O) groups is 2. The maximum atomic E-state index is 12.6. The van der Waals surface area contributed by atoms with Crippen LogP contribution in [-0.4, -0.2) is 73.4 Å². The van der Waals surface area contributed by atoms with E-state index < -0.39 is 0 Å². The number of rotatable bonds is 7. The Hall–Kier alpha value is -1.84. The Morgan fingerprint density at radius 3 is 2.26 bits per heavy atom. The Morgan fingerprint density at radius 1 is 0.968 bits per heavy atom. The summed E-state index contributed by atoms with van der Waals surface area (Å²) in [5.74, 6) is 1.30. The lowest BCUT2D eigenvalue weighted by atomic mass is 9.90. The first-order chi connectivity index (χ1) is 14.7. The van der Waals surface area contributed by atoms with Crippen molar-refractivity contribution in [1.82, 2.24) is 20.4 Å². The maximum Gasteiger partial charge on any atom is 0.244 e. The number of nitrogens with one attached hydrogen (secondary N) is 2. The van der Waals surface area contributed by atoms with Gasteiger partial charge in [-0.1, -0.05) is 30.3 Å². The first-order valence-corrected chi connectivity index (χ1v) is 11.3. The van der Waals surface area contributed by atoms with Crippen molar-refractivity contribution >= 4 is 41.8 Å². The predicted octanol–water partition coefficient (Wildman–Crippen LogP) is 2.26. The molecule has 7 nitrogen and oxygen atoms in total. The van der Waals surface area contributed by atoms with Crippen LogP contribution in [0, 0.1) is 5.92 Å². The molecule has 1 aromatic rings. The second-order valence-electron chi connectivity index (χ2n) is 8.15. The average molecular weight is 541 g/mol. The van der Waals surface area contributed by atoms with Gasteiger partial charge in [-0.2, -0.15) is 0 Å². The molecule has 0 aromatic heterocycles. The van der Waals surface area contributed by atoms with Crippen molar-refractivity contribution in [2.45, 2.75) is 39.0 Å². The van der Waals surface area contributed by atoms with E-state index in [0.29, 0.717) is 18.4 Å². The minimum atomic E-state index is 0. The van der Waals surface area contributed by atoms with Crippen molar-refractivity contribution in [3.8, 4) is 0 Å². The number of piperidine rings is 1. The number of carbonyl (C=O) groups excluding carboxylic acids is 2. The third-order valence-electron chi connectivity index (χ3n) is 5.92. The average Bonchev–Trinajstić information content (AvgIpc) is 3.31. The summed E-state index contributed by atoms with van der Waals surface area (Å²) in [6.07, 6.45) is 5.31. The lowest BCUT2D eigenvalue weighted by Gasteiger charge is -2.32. The number of halogens is 1. The maximum absolute atomic E-state index is 12.6. The van der Waals surface area contributed by atoms with Gasteiger partial charge in [-0.15, -0.1) is 24.0 Å². The van der Waals surface area contributed by atoms with Crippen molar-refractivity contribution < 1.29 is 9.59 Å². The van der Waals surface area contributed by atoms with Crippen LogP contribution < -0.4 is 10.6 Å². The van der Waals surface area contributed by atoms with Gasteiger partial charge in [0.1, 0.15) is 6.54 Å².